The van der Waals surface area contributed by atoms with E-state index in [4.69, 9.17) is 16.0 Å². The molecule has 0 aliphatic carbocycles. The Balaban J connectivity index is 1.40. The lowest BCUT2D eigenvalue weighted by molar-refractivity contribution is 0.200. The van der Waals surface area contributed by atoms with Gasteiger partial charge in [0.2, 0.25) is 0 Å². The van der Waals surface area contributed by atoms with Crippen molar-refractivity contribution in [1.29, 1.82) is 0 Å². The summed E-state index contributed by atoms with van der Waals surface area (Å²) in [7, 11) is 0. The Morgan fingerprint density at radius 3 is 2.62 bits per heavy atom. The molecule has 1 N–H and O–H groups in total. The van der Waals surface area contributed by atoms with Gasteiger partial charge in [-0.1, -0.05) is 29.3 Å². The maximum absolute atomic E-state index is 13.6. The molecule has 0 saturated carbocycles. The molecule has 5 aromatic rings. The SMILES string of the molecule is Cc1cc(C)c2[nH]c(=O)c(C(c3nnnn3Cc3ccco3)N3CCN(c4cc(Cl)ccc4C)CC3)cc2c1. The number of nitrogens with one attached hydrogen (secondary N) is 1. The van der Waals surface area contributed by atoms with Crippen LogP contribution in [0.25, 0.3) is 10.9 Å². The smallest absolute Gasteiger partial charge is 0.253 e. The number of benzene rings is 2. The lowest BCUT2D eigenvalue weighted by Gasteiger charge is -2.40. The van der Waals surface area contributed by atoms with Crippen molar-refractivity contribution >= 4 is 28.2 Å². The summed E-state index contributed by atoms with van der Waals surface area (Å²) in [5.41, 5.74) is 5.83. The van der Waals surface area contributed by atoms with Crippen LogP contribution in [-0.4, -0.2) is 56.3 Å². The number of anilines is 1. The Morgan fingerprint density at radius 1 is 1.03 bits per heavy atom. The minimum Gasteiger partial charge on any atom is -0.467 e. The van der Waals surface area contributed by atoms with Crippen molar-refractivity contribution in [2.45, 2.75) is 33.4 Å². The molecule has 1 unspecified atom stereocenters. The average molecular weight is 544 g/mol. The van der Waals surface area contributed by atoms with Crippen molar-refractivity contribution in [2.24, 2.45) is 0 Å². The Bertz CT molecular complexity index is 1680. The first-order valence-electron chi connectivity index (χ1n) is 13.0. The molecule has 0 amide bonds. The number of fused-ring (bicyclic) bond motifs is 1. The van der Waals surface area contributed by atoms with Gasteiger partial charge < -0.3 is 14.3 Å². The third-order valence-electron chi connectivity index (χ3n) is 7.50. The first-order chi connectivity index (χ1) is 18.9. The number of halogens is 1. The van der Waals surface area contributed by atoms with E-state index in [1.165, 1.54) is 5.56 Å². The van der Waals surface area contributed by atoms with Crippen LogP contribution in [-0.2, 0) is 6.54 Å². The number of hydrogen-bond acceptors (Lipinski definition) is 7. The standard InChI is InChI=1S/C29H30ClN7O2/c1-18-13-20(3)26-21(14-18)15-24(29(38)31-26)27(28-32-33-34-37(28)17-23-5-4-12-39-23)36-10-8-35(9-11-36)25-16-22(30)7-6-19(25)2/h4-7,12-16,27H,8-11,17H2,1-3H3,(H,31,38). The average Bonchev–Trinajstić information content (AvgIpc) is 3.60. The summed E-state index contributed by atoms with van der Waals surface area (Å²) in [5, 5.41) is 14.4. The number of piperazine rings is 1. The summed E-state index contributed by atoms with van der Waals surface area (Å²) in [6, 6.07) is 15.5. The molecule has 1 aliphatic heterocycles. The van der Waals surface area contributed by atoms with Gasteiger partial charge in [0.05, 0.1) is 11.8 Å². The molecule has 0 bridgehead atoms. The topological polar surface area (TPSA) is 96.1 Å². The lowest BCUT2D eigenvalue weighted by atomic mass is 10.00. The number of aromatic amines is 1. The third-order valence-corrected chi connectivity index (χ3v) is 7.73. The number of rotatable bonds is 6. The zero-order valence-electron chi connectivity index (χ0n) is 22.2. The van der Waals surface area contributed by atoms with Crippen LogP contribution in [0.4, 0.5) is 5.69 Å². The van der Waals surface area contributed by atoms with E-state index in [9.17, 15) is 4.79 Å². The second kappa shape index (κ2) is 10.3. The van der Waals surface area contributed by atoms with Gasteiger partial charge >= 0.3 is 0 Å². The molecule has 0 radical (unpaired) electrons. The number of pyridine rings is 1. The molecule has 6 rings (SSSR count). The van der Waals surface area contributed by atoms with Crippen LogP contribution < -0.4 is 10.5 Å². The monoisotopic (exact) mass is 543 g/mol. The van der Waals surface area contributed by atoms with E-state index in [0.717, 1.165) is 51.6 Å². The van der Waals surface area contributed by atoms with Crippen LogP contribution in [0.1, 0.15) is 39.9 Å². The highest BCUT2D eigenvalue weighted by Gasteiger charge is 2.33. The van der Waals surface area contributed by atoms with E-state index in [0.29, 0.717) is 31.0 Å². The molecule has 10 heteroatoms. The van der Waals surface area contributed by atoms with Gasteiger partial charge in [0.15, 0.2) is 5.82 Å². The minimum atomic E-state index is -0.438. The molecule has 9 nitrogen and oxygen atoms in total. The summed E-state index contributed by atoms with van der Waals surface area (Å²) in [6.07, 6.45) is 1.63. The summed E-state index contributed by atoms with van der Waals surface area (Å²) >= 11 is 6.32. The highest BCUT2D eigenvalue weighted by atomic mass is 35.5. The van der Waals surface area contributed by atoms with Gasteiger partial charge in [0.1, 0.15) is 18.3 Å². The van der Waals surface area contributed by atoms with E-state index in [2.05, 4.69) is 56.3 Å². The van der Waals surface area contributed by atoms with Crippen molar-refractivity contribution in [3.05, 3.63) is 104 Å². The van der Waals surface area contributed by atoms with Crippen LogP contribution >= 0.6 is 11.6 Å². The Morgan fingerprint density at radius 2 is 1.85 bits per heavy atom. The fraction of sp³-hybridized carbons (Fsp3) is 0.310. The summed E-state index contributed by atoms with van der Waals surface area (Å²) in [6.45, 7) is 9.55. The number of furan rings is 1. The fourth-order valence-corrected chi connectivity index (χ4v) is 5.79. The van der Waals surface area contributed by atoms with E-state index < -0.39 is 6.04 Å². The summed E-state index contributed by atoms with van der Waals surface area (Å²) in [4.78, 5) is 21.4. The van der Waals surface area contributed by atoms with E-state index >= 15 is 0 Å². The van der Waals surface area contributed by atoms with E-state index in [1.807, 2.05) is 43.3 Å². The number of aryl methyl sites for hydroxylation is 3. The van der Waals surface area contributed by atoms with E-state index in [-0.39, 0.29) is 5.56 Å². The predicted octanol–water partition coefficient (Wildman–Crippen LogP) is 4.65. The van der Waals surface area contributed by atoms with Gasteiger partial charge in [-0.3, -0.25) is 9.69 Å². The number of tetrazole rings is 1. The van der Waals surface area contributed by atoms with Crippen molar-refractivity contribution in [2.75, 3.05) is 31.1 Å². The first-order valence-corrected chi connectivity index (χ1v) is 13.4. The lowest BCUT2D eigenvalue weighted by Crippen LogP contribution is -2.49. The first kappa shape index (κ1) is 25.3. The fourth-order valence-electron chi connectivity index (χ4n) is 5.62. The molecule has 1 aliphatic rings. The van der Waals surface area contributed by atoms with Crippen molar-refractivity contribution in [1.82, 2.24) is 30.1 Å². The Labute approximate surface area is 231 Å². The summed E-state index contributed by atoms with van der Waals surface area (Å²) in [5.74, 6) is 1.34. The maximum Gasteiger partial charge on any atom is 0.253 e. The number of aromatic nitrogens is 5. The van der Waals surface area contributed by atoms with Gasteiger partial charge in [0.25, 0.3) is 5.56 Å². The quantitative estimate of drug-likeness (QED) is 0.333. The normalized spacial score (nSPS) is 15.2. The maximum atomic E-state index is 13.6. The van der Waals surface area contributed by atoms with Crippen molar-refractivity contribution < 1.29 is 4.42 Å². The second-order valence-electron chi connectivity index (χ2n) is 10.2. The van der Waals surface area contributed by atoms with Crippen molar-refractivity contribution in [3.63, 3.8) is 0 Å². The largest absolute Gasteiger partial charge is 0.467 e. The molecule has 39 heavy (non-hydrogen) atoms. The molecule has 1 saturated heterocycles. The second-order valence-corrected chi connectivity index (χ2v) is 10.7. The molecule has 2 aromatic carbocycles. The number of H-pyrrole nitrogens is 1. The van der Waals surface area contributed by atoms with Gasteiger partial charge in [-0.25, -0.2) is 4.68 Å². The molecule has 3 aromatic heterocycles. The van der Waals surface area contributed by atoms with Crippen molar-refractivity contribution in [3.8, 4) is 0 Å². The van der Waals surface area contributed by atoms with Gasteiger partial charge in [-0.15, -0.1) is 5.10 Å². The number of nitrogens with zero attached hydrogens (tertiary/aromatic N) is 6. The Hall–Kier alpha value is -3.95. The van der Waals surface area contributed by atoms with E-state index in [1.54, 1.807) is 10.9 Å². The van der Waals surface area contributed by atoms with Gasteiger partial charge in [0, 0.05) is 42.5 Å². The summed E-state index contributed by atoms with van der Waals surface area (Å²) < 4.78 is 7.29. The third kappa shape index (κ3) is 4.95. The number of hydrogen-bond donors (Lipinski definition) is 1. The van der Waals surface area contributed by atoms with Gasteiger partial charge in [-0.05, 0) is 84.1 Å². The molecule has 1 fully saturated rings. The molecular weight excluding hydrogens is 514 g/mol. The van der Waals surface area contributed by atoms with Crippen LogP contribution in [0, 0.1) is 20.8 Å². The zero-order valence-corrected chi connectivity index (χ0v) is 22.9. The van der Waals surface area contributed by atoms with Crippen LogP contribution in [0.3, 0.4) is 0 Å². The minimum absolute atomic E-state index is 0.139. The predicted molar refractivity (Wildman–Crippen MR) is 151 cm³/mol. The highest BCUT2D eigenvalue weighted by molar-refractivity contribution is 6.30. The molecular formula is C29H30ClN7O2. The Kier molecular flexibility index (Phi) is 6.70. The highest BCUT2D eigenvalue weighted by Crippen LogP contribution is 2.31. The molecule has 200 valence electrons. The zero-order chi connectivity index (χ0) is 27.1. The molecule has 0 spiro atoms. The molecule has 4 heterocycles. The van der Waals surface area contributed by atoms with Crippen LogP contribution in [0.2, 0.25) is 5.02 Å². The van der Waals surface area contributed by atoms with Gasteiger partial charge in [-0.2, -0.15) is 0 Å². The molecule has 1 atom stereocenters. The van der Waals surface area contributed by atoms with Crippen LogP contribution in [0.5, 0.6) is 0 Å². The van der Waals surface area contributed by atoms with Crippen LogP contribution in [0.15, 0.2) is 64.0 Å².